The topological polar surface area (TPSA) is 61.9 Å². The second kappa shape index (κ2) is 8.14. The van der Waals surface area contributed by atoms with Crippen LogP contribution in [0, 0.1) is 5.82 Å². The smallest absolute Gasteiger partial charge is 0.406 e. The van der Waals surface area contributed by atoms with E-state index < -0.39 is 23.5 Å². The van der Waals surface area contributed by atoms with Crippen LogP contribution in [-0.2, 0) is 0 Å². The predicted octanol–water partition coefficient (Wildman–Crippen LogP) is 5.28. The molecule has 0 aliphatic heterocycles. The van der Waals surface area contributed by atoms with E-state index >= 15 is 0 Å². The first-order valence-corrected chi connectivity index (χ1v) is 9.99. The molecule has 0 aliphatic rings. The fourth-order valence-corrected chi connectivity index (χ4v) is 3.59. The summed E-state index contributed by atoms with van der Waals surface area (Å²) in [7, 11) is 0. The third kappa shape index (κ3) is 3.90. The summed E-state index contributed by atoms with van der Waals surface area (Å²) in [6.45, 7) is 0. The van der Waals surface area contributed by atoms with E-state index in [1.165, 1.54) is 41.2 Å². The number of ether oxygens (including phenoxy) is 1. The zero-order valence-electron chi connectivity index (χ0n) is 17.2. The normalized spacial score (nSPS) is 11.6. The number of halogens is 4. The van der Waals surface area contributed by atoms with Gasteiger partial charge < -0.3 is 4.74 Å². The molecule has 0 saturated heterocycles. The van der Waals surface area contributed by atoms with E-state index in [2.05, 4.69) is 14.8 Å². The van der Waals surface area contributed by atoms with Gasteiger partial charge in [-0.1, -0.05) is 30.3 Å². The van der Waals surface area contributed by atoms with E-state index in [0.717, 1.165) is 16.7 Å². The van der Waals surface area contributed by atoms with Gasteiger partial charge in [0, 0.05) is 0 Å². The van der Waals surface area contributed by atoms with Crippen molar-refractivity contribution in [2.24, 2.45) is 0 Å². The maximum Gasteiger partial charge on any atom is 0.573 e. The van der Waals surface area contributed by atoms with Gasteiger partial charge >= 0.3 is 6.36 Å². The Balaban J connectivity index is 1.76. The molecule has 0 N–H and O–H groups in total. The Morgan fingerprint density at radius 1 is 0.824 bits per heavy atom. The summed E-state index contributed by atoms with van der Waals surface area (Å²) in [5.74, 6) is -1.11. The van der Waals surface area contributed by atoms with Gasteiger partial charge in [-0.25, -0.2) is 14.1 Å². The molecule has 3 aromatic carbocycles. The molecule has 2 aromatic heterocycles. The minimum Gasteiger partial charge on any atom is -0.406 e. The molecule has 0 spiro atoms. The van der Waals surface area contributed by atoms with Crippen LogP contribution in [0.2, 0.25) is 0 Å². The summed E-state index contributed by atoms with van der Waals surface area (Å²) in [4.78, 5) is 18.1. The molecule has 6 nitrogen and oxygen atoms in total. The van der Waals surface area contributed by atoms with Crippen molar-refractivity contribution in [3.63, 3.8) is 0 Å². The summed E-state index contributed by atoms with van der Waals surface area (Å²) in [6, 6.07) is 19.4. The van der Waals surface area contributed by atoms with Crippen LogP contribution in [0.1, 0.15) is 0 Å². The Morgan fingerprint density at radius 3 is 2.18 bits per heavy atom. The highest BCUT2D eigenvalue weighted by molar-refractivity contribution is 5.79. The molecule has 10 heteroatoms. The summed E-state index contributed by atoms with van der Waals surface area (Å²) in [5.41, 5.74) is 0.519. The number of hydrogen-bond acceptors (Lipinski definition) is 4. The van der Waals surface area contributed by atoms with Gasteiger partial charge in [0.05, 0.1) is 23.1 Å². The summed E-state index contributed by atoms with van der Waals surface area (Å²) >= 11 is 0. The lowest BCUT2D eigenvalue weighted by Gasteiger charge is -2.15. The third-order valence-corrected chi connectivity index (χ3v) is 5.04. The molecule has 0 saturated carbocycles. The van der Waals surface area contributed by atoms with Crippen LogP contribution in [0.15, 0.2) is 89.9 Å². The Labute approximate surface area is 189 Å². The van der Waals surface area contributed by atoms with Gasteiger partial charge in [-0.15, -0.1) is 13.2 Å². The first-order valence-electron chi connectivity index (χ1n) is 9.99. The molecule has 5 aromatic rings. The monoisotopic (exact) mass is 466 g/mol. The number of fused-ring (bicyclic) bond motifs is 1. The van der Waals surface area contributed by atoms with Gasteiger partial charge in [-0.2, -0.15) is 5.10 Å². The highest BCUT2D eigenvalue weighted by Gasteiger charge is 2.31. The van der Waals surface area contributed by atoms with Gasteiger partial charge in [0.1, 0.15) is 17.0 Å². The summed E-state index contributed by atoms with van der Waals surface area (Å²) in [6.07, 6.45) is -3.51. The molecule has 0 unspecified atom stereocenters. The van der Waals surface area contributed by atoms with E-state index in [9.17, 15) is 22.4 Å². The largest absolute Gasteiger partial charge is 0.573 e. The number of rotatable bonds is 4. The lowest BCUT2D eigenvalue weighted by atomic mass is 10.1. The molecule has 0 fully saturated rings. The Hall–Kier alpha value is -4.47. The summed E-state index contributed by atoms with van der Waals surface area (Å²) < 4.78 is 58.9. The van der Waals surface area contributed by atoms with E-state index in [-0.39, 0.29) is 28.1 Å². The lowest BCUT2D eigenvalue weighted by Crippen LogP contribution is -2.22. The van der Waals surface area contributed by atoms with Crippen molar-refractivity contribution in [1.29, 1.82) is 0 Å². The van der Waals surface area contributed by atoms with Crippen LogP contribution >= 0.6 is 0 Å². The highest BCUT2D eigenvalue weighted by Crippen LogP contribution is 2.28. The van der Waals surface area contributed by atoms with Crippen molar-refractivity contribution >= 4 is 11.0 Å². The molecule has 0 amide bonds. The van der Waals surface area contributed by atoms with E-state index in [1.54, 1.807) is 30.3 Å². The number of aromatic nitrogens is 4. The first kappa shape index (κ1) is 21.4. The SMILES string of the molecule is O=c1c2cnn(-c3ccccc3)c2nc(-c2ccccc2F)n1-c1ccc(OC(F)(F)F)cc1. The number of benzene rings is 3. The molecule has 170 valence electrons. The average molecular weight is 466 g/mol. The van der Waals surface area contributed by atoms with Crippen molar-refractivity contribution in [2.45, 2.75) is 6.36 Å². The predicted molar refractivity (Wildman–Crippen MR) is 117 cm³/mol. The minimum absolute atomic E-state index is 0.0298. The van der Waals surface area contributed by atoms with Crippen LogP contribution in [0.25, 0.3) is 33.8 Å². The lowest BCUT2D eigenvalue weighted by molar-refractivity contribution is -0.274. The van der Waals surface area contributed by atoms with Crippen molar-refractivity contribution in [1.82, 2.24) is 19.3 Å². The Morgan fingerprint density at radius 2 is 1.50 bits per heavy atom. The first-order chi connectivity index (χ1) is 16.3. The second-order valence-corrected chi connectivity index (χ2v) is 7.23. The third-order valence-electron chi connectivity index (χ3n) is 5.04. The molecule has 34 heavy (non-hydrogen) atoms. The van der Waals surface area contributed by atoms with E-state index in [1.807, 2.05) is 6.07 Å². The van der Waals surface area contributed by atoms with Gasteiger partial charge in [0.15, 0.2) is 11.5 Å². The number of hydrogen-bond donors (Lipinski definition) is 0. The zero-order valence-corrected chi connectivity index (χ0v) is 17.2. The van der Waals surface area contributed by atoms with Crippen molar-refractivity contribution in [3.05, 3.63) is 101 Å². The minimum atomic E-state index is -4.86. The number of nitrogens with zero attached hydrogens (tertiary/aromatic N) is 4. The van der Waals surface area contributed by atoms with Crippen LogP contribution in [0.5, 0.6) is 5.75 Å². The molecular weight excluding hydrogens is 452 g/mol. The van der Waals surface area contributed by atoms with Gasteiger partial charge in [0.25, 0.3) is 5.56 Å². The number of alkyl halides is 3. The van der Waals surface area contributed by atoms with E-state index in [0.29, 0.717) is 5.69 Å². The molecule has 0 atom stereocenters. The van der Waals surface area contributed by atoms with Crippen LogP contribution in [0.3, 0.4) is 0 Å². The van der Waals surface area contributed by atoms with Crippen molar-refractivity contribution < 1.29 is 22.3 Å². The Kier molecular flexibility index (Phi) is 5.12. The summed E-state index contributed by atoms with van der Waals surface area (Å²) in [5, 5.41) is 4.43. The fourth-order valence-electron chi connectivity index (χ4n) is 3.59. The maximum atomic E-state index is 14.8. The molecular formula is C24H14F4N4O2. The Bertz CT molecular complexity index is 1540. The van der Waals surface area contributed by atoms with E-state index in [4.69, 9.17) is 0 Å². The van der Waals surface area contributed by atoms with Crippen LogP contribution in [-0.4, -0.2) is 25.7 Å². The number of para-hydroxylation sites is 1. The van der Waals surface area contributed by atoms with Crippen molar-refractivity contribution in [3.8, 4) is 28.5 Å². The molecule has 5 rings (SSSR count). The molecule has 0 bridgehead atoms. The van der Waals surface area contributed by atoms with Crippen LogP contribution < -0.4 is 10.3 Å². The van der Waals surface area contributed by atoms with Gasteiger partial charge in [-0.05, 0) is 48.5 Å². The van der Waals surface area contributed by atoms with Crippen LogP contribution in [0.4, 0.5) is 17.6 Å². The van der Waals surface area contributed by atoms with Gasteiger partial charge in [-0.3, -0.25) is 9.36 Å². The molecule has 0 radical (unpaired) electrons. The zero-order chi connectivity index (χ0) is 23.9. The quantitative estimate of drug-likeness (QED) is 0.339. The second-order valence-electron chi connectivity index (χ2n) is 7.23. The average Bonchev–Trinajstić information content (AvgIpc) is 3.24. The molecule has 2 heterocycles. The standard InChI is InChI=1S/C24H14F4N4O2/c25-20-9-5-4-8-18(20)21-30-22-19(14-29-32(22)16-6-2-1-3-7-16)23(33)31(21)15-10-12-17(13-11-15)34-24(26,27)28/h1-14H. The maximum absolute atomic E-state index is 14.8. The van der Waals surface area contributed by atoms with Crippen molar-refractivity contribution in [2.75, 3.05) is 0 Å². The highest BCUT2D eigenvalue weighted by atomic mass is 19.4. The fraction of sp³-hybridized carbons (Fsp3) is 0.0417. The van der Waals surface area contributed by atoms with Gasteiger partial charge in [0.2, 0.25) is 0 Å². The molecule has 0 aliphatic carbocycles.